The number of carbonyl (C=O) groups excluding carboxylic acids is 1. The van der Waals surface area contributed by atoms with Gasteiger partial charge in [-0.3, -0.25) is 4.79 Å². The highest BCUT2D eigenvalue weighted by Gasteiger charge is 2.23. The summed E-state index contributed by atoms with van der Waals surface area (Å²) in [7, 11) is -0.0830. The minimum absolute atomic E-state index is 0.120. The Bertz CT molecular complexity index is 1220. The van der Waals surface area contributed by atoms with Gasteiger partial charge in [-0.25, -0.2) is 17.8 Å². The number of carbonyl (C=O) groups is 1. The van der Waals surface area contributed by atoms with E-state index in [0.29, 0.717) is 36.4 Å². The maximum atomic E-state index is 13.8. The van der Waals surface area contributed by atoms with Crippen LogP contribution in [0.3, 0.4) is 0 Å². The van der Waals surface area contributed by atoms with Gasteiger partial charge in [-0.05, 0) is 24.3 Å². The van der Waals surface area contributed by atoms with Crippen LogP contribution in [-0.2, 0) is 34.8 Å². The van der Waals surface area contributed by atoms with Crippen LogP contribution in [0.4, 0.5) is 4.39 Å². The Morgan fingerprint density at radius 3 is 2.47 bits per heavy atom. The number of nitrogens with zero attached hydrogens (tertiary/aromatic N) is 4. The summed E-state index contributed by atoms with van der Waals surface area (Å²) in [5.41, 5.74) is 1.83. The van der Waals surface area contributed by atoms with Crippen LogP contribution in [0.5, 0.6) is 0 Å². The molecule has 3 rings (SSSR count). The summed E-state index contributed by atoms with van der Waals surface area (Å²) in [5.74, 6) is 0.230. The molecule has 0 atom stereocenters. The van der Waals surface area contributed by atoms with Gasteiger partial charge in [0, 0.05) is 52.1 Å². The summed E-state index contributed by atoms with van der Waals surface area (Å²) in [6.07, 6.45) is 0.608. The Labute approximate surface area is 188 Å². The van der Waals surface area contributed by atoms with Gasteiger partial charge in [0.05, 0.1) is 15.9 Å². The summed E-state index contributed by atoms with van der Waals surface area (Å²) in [5, 5.41) is 0. The molecule has 0 fully saturated rings. The van der Waals surface area contributed by atoms with Gasteiger partial charge >= 0.3 is 0 Å². The molecule has 0 N–H and O–H groups in total. The van der Waals surface area contributed by atoms with Gasteiger partial charge in [-0.2, -0.15) is 4.31 Å². The van der Waals surface area contributed by atoms with Gasteiger partial charge in [-0.15, -0.1) is 0 Å². The van der Waals surface area contributed by atoms with E-state index in [4.69, 9.17) is 0 Å². The van der Waals surface area contributed by atoms with E-state index >= 15 is 0 Å². The first-order valence-corrected chi connectivity index (χ1v) is 12.1. The number of hydrogen-bond acceptors (Lipinski definition) is 4. The van der Waals surface area contributed by atoms with E-state index in [1.54, 1.807) is 57.3 Å². The number of amides is 1. The third-order valence-electron chi connectivity index (χ3n) is 5.64. The highest BCUT2D eigenvalue weighted by Crippen LogP contribution is 2.23. The van der Waals surface area contributed by atoms with Crippen molar-refractivity contribution in [1.29, 1.82) is 0 Å². The number of rotatable bonds is 9. The van der Waals surface area contributed by atoms with Crippen molar-refractivity contribution >= 4 is 27.0 Å². The van der Waals surface area contributed by atoms with Crippen molar-refractivity contribution in [2.45, 2.75) is 38.1 Å². The van der Waals surface area contributed by atoms with Crippen molar-refractivity contribution < 1.29 is 17.6 Å². The van der Waals surface area contributed by atoms with Crippen LogP contribution in [0, 0.1) is 5.82 Å². The second kappa shape index (κ2) is 9.79. The van der Waals surface area contributed by atoms with E-state index in [2.05, 4.69) is 4.98 Å². The molecule has 7 nitrogen and oxygen atoms in total. The molecular formula is C23H29FN4O3S. The number of aryl methyl sites for hydroxylation is 2. The van der Waals surface area contributed by atoms with Crippen LogP contribution in [0.15, 0.2) is 47.4 Å². The first-order chi connectivity index (χ1) is 15.2. The standard InChI is InChI=1S/C23H29FN4O3S/c1-5-28(6-2)32(30,31)18-11-12-21-20(15-18)25-22(27(21)4)13-14-23(29)26(3)16-17-9-7-8-10-19(17)24/h7-12,15H,5-6,13-14,16H2,1-4H3. The van der Waals surface area contributed by atoms with Crippen LogP contribution in [0.1, 0.15) is 31.7 Å². The van der Waals surface area contributed by atoms with Gasteiger partial charge in [-0.1, -0.05) is 32.0 Å². The Morgan fingerprint density at radius 1 is 1.12 bits per heavy atom. The number of sulfonamides is 1. The van der Waals surface area contributed by atoms with Crippen LogP contribution in [-0.4, -0.2) is 53.2 Å². The average Bonchev–Trinajstić information content (AvgIpc) is 3.09. The van der Waals surface area contributed by atoms with Crippen LogP contribution >= 0.6 is 0 Å². The fourth-order valence-electron chi connectivity index (χ4n) is 3.71. The molecular weight excluding hydrogens is 431 g/mol. The summed E-state index contributed by atoms with van der Waals surface area (Å²) >= 11 is 0. The molecule has 1 aromatic heterocycles. The minimum Gasteiger partial charge on any atom is -0.341 e. The lowest BCUT2D eigenvalue weighted by Gasteiger charge is -2.18. The number of benzene rings is 2. The zero-order chi connectivity index (χ0) is 23.5. The van der Waals surface area contributed by atoms with E-state index in [9.17, 15) is 17.6 Å². The number of aromatic nitrogens is 2. The van der Waals surface area contributed by atoms with E-state index in [-0.39, 0.29) is 29.6 Å². The monoisotopic (exact) mass is 460 g/mol. The van der Waals surface area contributed by atoms with Crippen molar-refractivity contribution in [2.24, 2.45) is 7.05 Å². The molecule has 32 heavy (non-hydrogen) atoms. The number of imidazole rings is 1. The van der Waals surface area contributed by atoms with Crippen LogP contribution < -0.4 is 0 Å². The molecule has 0 unspecified atom stereocenters. The Hall–Kier alpha value is -2.78. The van der Waals surface area contributed by atoms with Gasteiger partial charge in [0.2, 0.25) is 15.9 Å². The second-order valence-electron chi connectivity index (χ2n) is 7.67. The smallest absolute Gasteiger partial charge is 0.243 e. The van der Waals surface area contributed by atoms with E-state index in [1.165, 1.54) is 15.3 Å². The largest absolute Gasteiger partial charge is 0.341 e. The van der Waals surface area contributed by atoms with Crippen molar-refractivity contribution in [3.05, 3.63) is 59.7 Å². The van der Waals surface area contributed by atoms with Crippen molar-refractivity contribution in [2.75, 3.05) is 20.1 Å². The first-order valence-electron chi connectivity index (χ1n) is 10.6. The zero-order valence-corrected chi connectivity index (χ0v) is 19.7. The average molecular weight is 461 g/mol. The maximum absolute atomic E-state index is 13.8. The maximum Gasteiger partial charge on any atom is 0.243 e. The minimum atomic E-state index is -3.57. The highest BCUT2D eigenvalue weighted by atomic mass is 32.2. The molecule has 0 saturated carbocycles. The summed E-state index contributed by atoms with van der Waals surface area (Å²) < 4.78 is 42.7. The van der Waals surface area contributed by atoms with Crippen molar-refractivity contribution in [3.63, 3.8) is 0 Å². The lowest BCUT2D eigenvalue weighted by Crippen LogP contribution is -2.30. The van der Waals surface area contributed by atoms with E-state index in [1.807, 2.05) is 11.6 Å². The van der Waals surface area contributed by atoms with Gasteiger partial charge in [0.25, 0.3) is 0 Å². The van der Waals surface area contributed by atoms with E-state index < -0.39 is 10.0 Å². The molecule has 0 aliphatic carbocycles. The fraction of sp³-hybridized carbons (Fsp3) is 0.391. The Morgan fingerprint density at radius 2 is 1.81 bits per heavy atom. The number of hydrogen-bond donors (Lipinski definition) is 0. The van der Waals surface area contributed by atoms with Gasteiger partial charge in [0.15, 0.2) is 0 Å². The van der Waals surface area contributed by atoms with Gasteiger partial charge < -0.3 is 9.47 Å². The Balaban J connectivity index is 1.74. The van der Waals surface area contributed by atoms with Crippen molar-refractivity contribution in [1.82, 2.24) is 18.8 Å². The molecule has 1 heterocycles. The molecule has 9 heteroatoms. The normalized spacial score (nSPS) is 11.9. The van der Waals surface area contributed by atoms with Crippen molar-refractivity contribution in [3.8, 4) is 0 Å². The molecule has 0 radical (unpaired) electrons. The molecule has 0 saturated heterocycles. The molecule has 1 amide bonds. The lowest BCUT2D eigenvalue weighted by molar-refractivity contribution is -0.130. The predicted molar refractivity (Wildman–Crippen MR) is 122 cm³/mol. The van der Waals surface area contributed by atoms with Crippen LogP contribution in [0.25, 0.3) is 11.0 Å². The third kappa shape index (κ3) is 4.83. The first kappa shape index (κ1) is 23.9. The molecule has 0 aliphatic rings. The SMILES string of the molecule is CCN(CC)S(=O)(=O)c1ccc2c(c1)nc(CCC(=O)N(C)Cc1ccccc1F)n2C. The summed E-state index contributed by atoms with van der Waals surface area (Å²) in [4.78, 5) is 18.8. The van der Waals surface area contributed by atoms with Crippen LogP contribution in [0.2, 0.25) is 0 Å². The Kier molecular flexibility index (Phi) is 7.30. The highest BCUT2D eigenvalue weighted by molar-refractivity contribution is 7.89. The molecule has 3 aromatic rings. The molecule has 2 aromatic carbocycles. The lowest BCUT2D eigenvalue weighted by atomic mass is 10.2. The molecule has 0 aliphatic heterocycles. The summed E-state index contributed by atoms with van der Waals surface area (Å²) in [6.45, 7) is 4.59. The topological polar surface area (TPSA) is 75.5 Å². The van der Waals surface area contributed by atoms with E-state index in [0.717, 1.165) is 5.52 Å². The second-order valence-corrected chi connectivity index (χ2v) is 9.61. The van der Waals surface area contributed by atoms with Gasteiger partial charge in [0.1, 0.15) is 11.6 Å². The molecule has 172 valence electrons. The number of fused-ring (bicyclic) bond motifs is 1. The zero-order valence-electron chi connectivity index (χ0n) is 18.9. The molecule has 0 spiro atoms. The number of halogens is 1. The quantitative estimate of drug-likeness (QED) is 0.491. The molecule has 0 bridgehead atoms. The summed E-state index contributed by atoms with van der Waals surface area (Å²) in [6, 6.07) is 11.3. The third-order valence-corrected chi connectivity index (χ3v) is 7.69. The predicted octanol–water partition coefficient (Wildman–Crippen LogP) is 3.33. The fourth-order valence-corrected chi connectivity index (χ4v) is 5.18.